The number of carbonyl (C=O) groups is 2. The number of nitrogens with zero attached hydrogens (tertiary/aromatic N) is 3. The molecule has 1 aliphatic rings. The molecule has 20 heavy (non-hydrogen) atoms. The Morgan fingerprint density at radius 1 is 1.30 bits per heavy atom. The summed E-state index contributed by atoms with van der Waals surface area (Å²) < 4.78 is 0. The van der Waals surface area contributed by atoms with Crippen LogP contribution in [0, 0.1) is 10.1 Å². The molecule has 0 aromatic heterocycles. The Hall–Kier alpha value is -2.44. The summed E-state index contributed by atoms with van der Waals surface area (Å²) in [4.78, 5) is 36.8. The second-order valence-corrected chi connectivity index (χ2v) is 4.65. The summed E-state index contributed by atoms with van der Waals surface area (Å²) in [6.45, 7) is 3.96. The Labute approximate surface area is 115 Å². The van der Waals surface area contributed by atoms with E-state index in [1.54, 1.807) is 24.0 Å². The molecular formula is C13H15N3O4. The minimum absolute atomic E-state index is 0.0170. The molecule has 0 aliphatic carbocycles. The van der Waals surface area contributed by atoms with Gasteiger partial charge < -0.3 is 9.80 Å². The Kier molecular flexibility index (Phi) is 3.69. The van der Waals surface area contributed by atoms with Gasteiger partial charge in [-0.25, -0.2) is 0 Å². The van der Waals surface area contributed by atoms with Crippen LogP contribution in [-0.4, -0.2) is 40.8 Å². The summed E-state index contributed by atoms with van der Waals surface area (Å²) in [7, 11) is 0. The highest BCUT2D eigenvalue weighted by Gasteiger charge is 2.33. The predicted octanol–water partition coefficient (Wildman–Crippen LogP) is 1.18. The van der Waals surface area contributed by atoms with Crippen molar-refractivity contribution in [3.05, 3.63) is 34.4 Å². The predicted molar refractivity (Wildman–Crippen MR) is 72.3 cm³/mol. The molecular weight excluding hydrogens is 262 g/mol. The van der Waals surface area contributed by atoms with E-state index in [2.05, 4.69) is 0 Å². The van der Waals surface area contributed by atoms with Crippen molar-refractivity contribution in [1.29, 1.82) is 0 Å². The molecule has 1 heterocycles. The molecule has 1 fully saturated rings. The van der Waals surface area contributed by atoms with Crippen molar-refractivity contribution in [2.75, 3.05) is 18.0 Å². The number of amides is 2. The van der Waals surface area contributed by atoms with Crippen LogP contribution in [0.1, 0.15) is 13.8 Å². The first-order valence-corrected chi connectivity index (χ1v) is 6.25. The van der Waals surface area contributed by atoms with Crippen LogP contribution in [0.4, 0.5) is 11.4 Å². The van der Waals surface area contributed by atoms with Crippen LogP contribution in [-0.2, 0) is 9.59 Å². The highest BCUT2D eigenvalue weighted by molar-refractivity contribution is 6.00. The third-order valence-corrected chi connectivity index (χ3v) is 3.43. The van der Waals surface area contributed by atoms with Crippen LogP contribution < -0.4 is 4.90 Å². The number of piperazine rings is 1. The zero-order chi connectivity index (χ0) is 14.9. The molecule has 1 saturated heterocycles. The number of anilines is 1. The normalized spacial score (nSPS) is 19.1. The molecule has 0 radical (unpaired) electrons. The molecule has 0 bridgehead atoms. The molecule has 1 aromatic carbocycles. The van der Waals surface area contributed by atoms with E-state index in [0.717, 1.165) is 0 Å². The van der Waals surface area contributed by atoms with Crippen LogP contribution in [0.3, 0.4) is 0 Å². The van der Waals surface area contributed by atoms with Crippen molar-refractivity contribution >= 4 is 23.2 Å². The molecule has 1 atom stereocenters. The number of hydrogen-bond donors (Lipinski definition) is 0. The van der Waals surface area contributed by atoms with Crippen molar-refractivity contribution in [3.8, 4) is 0 Å². The van der Waals surface area contributed by atoms with Crippen molar-refractivity contribution in [2.45, 2.75) is 19.9 Å². The van der Waals surface area contributed by atoms with Gasteiger partial charge >= 0.3 is 0 Å². The number of nitro benzene ring substituents is 1. The van der Waals surface area contributed by atoms with Crippen molar-refractivity contribution in [1.82, 2.24) is 4.90 Å². The molecule has 1 aromatic rings. The maximum Gasteiger partial charge on any atom is 0.269 e. The van der Waals surface area contributed by atoms with Gasteiger partial charge in [-0.05, 0) is 19.1 Å². The van der Waals surface area contributed by atoms with E-state index in [0.29, 0.717) is 18.8 Å². The number of benzene rings is 1. The van der Waals surface area contributed by atoms with Gasteiger partial charge in [0.05, 0.1) is 4.92 Å². The maximum atomic E-state index is 12.3. The van der Waals surface area contributed by atoms with Crippen LogP contribution in [0.25, 0.3) is 0 Å². The van der Waals surface area contributed by atoms with Gasteiger partial charge in [0.2, 0.25) is 11.8 Å². The van der Waals surface area contributed by atoms with Gasteiger partial charge in [-0.1, -0.05) is 0 Å². The zero-order valence-electron chi connectivity index (χ0n) is 11.3. The highest BCUT2D eigenvalue weighted by atomic mass is 16.6. The van der Waals surface area contributed by atoms with Gasteiger partial charge in [0.15, 0.2) is 0 Å². The third-order valence-electron chi connectivity index (χ3n) is 3.43. The first-order chi connectivity index (χ1) is 9.41. The Morgan fingerprint density at radius 2 is 1.90 bits per heavy atom. The van der Waals surface area contributed by atoms with Crippen LogP contribution in [0.2, 0.25) is 0 Å². The second-order valence-electron chi connectivity index (χ2n) is 4.65. The van der Waals surface area contributed by atoms with E-state index in [1.807, 2.05) is 0 Å². The number of non-ortho nitro benzene ring substituents is 1. The van der Waals surface area contributed by atoms with E-state index >= 15 is 0 Å². The summed E-state index contributed by atoms with van der Waals surface area (Å²) >= 11 is 0. The number of rotatable bonds is 2. The summed E-state index contributed by atoms with van der Waals surface area (Å²) in [5.74, 6) is -0.311. The van der Waals surface area contributed by atoms with E-state index in [1.165, 1.54) is 24.0 Å². The summed E-state index contributed by atoms with van der Waals surface area (Å²) in [5.41, 5.74) is 0.590. The van der Waals surface area contributed by atoms with Crippen LogP contribution in [0.15, 0.2) is 24.3 Å². The van der Waals surface area contributed by atoms with Gasteiger partial charge in [-0.2, -0.15) is 0 Å². The lowest BCUT2D eigenvalue weighted by atomic mass is 10.1. The van der Waals surface area contributed by atoms with Crippen molar-refractivity contribution < 1.29 is 14.5 Å². The first-order valence-electron chi connectivity index (χ1n) is 6.25. The van der Waals surface area contributed by atoms with Gasteiger partial charge in [-0.3, -0.25) is 19.7 Å². The average Bonchev–Trinajstić information content (AvgIpc) is 2.41. The molecule has 2 rings (SSSR count). The summed E-state index contributed by atoms with van der Waals surface area (Å²) in [5, 5.41) is 10.6. The SMILES string of the molecule is CC(=O)N1CCN(c2ccc([N+](=O)[O-])cc2)C(=O)[C@H]1C. The zero-order valence-corrected chi connectivity index (χ0v) is 11.3. The molecule has 106 valence electrons. The molecule has 0 spiro atoms. The van der Waals surface area contributed by atoms with Crippen LogP contribution in [0.5, 0.6) is 0 Å². The third kappa shape index (κ3) is 2.47. The summed E-state index contributed by atoms with van der Waals surface area (Å²) in [6.07, 6.45) is 0. The minimum atomic E-state index is -0.517. The van der Waals surface area contributed by atoms with Crippen molar-refractivity contribution in [3.63, 3.8) is 0 Å². The van der Waals surface area contributed by atoms with E-state index in [9.17, 15) is 19.7 Å². The van der Waals surface area contributed by atoms with Gasteiger partial charge in [0.1, 0.15) is 6.04 Å². The second kappa shape index (κ2) is 5.28. The first kappa shape index (κ1) is 14.0. The fourth-order valence-corrected chi connectivity index (χ4v) is 2.31. The smallest absolute Gasteiger partial charge is 0.269 e. The van der Waals surface area contributed by atoms with Gasteiger partial charge in [0.25, 0.3) is 5.69 Å². The number of hydrogen-bond acceptors (Lipinski definition) is 4. The average molecular weight is 277 g/mol. The monoisotopic (exact) mass is 277 g/mol. The molecule has 0 saturated carbocycles. The fraction of sp³-hybridized carbons (Fsp3) is 0.385. The standard InChI is InChI=1S/C13H15N3O4/c1-9-13(18)15(8-7-14(9)10(2)17)11-3-5-12(6-4-11)16(19)20/h3-6,9H,7-8H2,1-2H3/t9-/m1/s1. The quantitative estimate of drug-likeness (QED) is 0.600. The summed E-state index contributed by atoms with van der Waals surface area (Å²) in [6, 6.07) is 5.31. The van der Waals surface area contributed by atoms with Gasteiger partial charge in [-0.15, -0.1) is 0 Å². The Morgan fingerprint density at radius 3 is 2.40 bits per heavy atom. The fourth-order valence-electron chi connectivity index (χ4n) is 2.31. The largest absolute Gasteiger partial charge is 0.329 e. The molecule has 0 N–H and O–H groups in total. The molecule has 7 nitrogen and oxygen atoms in total. The lowest BCUT2D eigenvalue weighted by Crippen LogP contribution is -2.57. The highest BCUT2D eigenvalue weighted by Crippen LogP contribution is 2.23. The lowest BCUT2D eigenvalue weighted by molar-refractivity contribution is -0.384. The maximum absolute atomic E-state index is 12.3. The van der Waals surface area contributed by atoms with E-state index < -0.39 is 11.0 Å². The van der Waals surface area contributed by atoms with Crippen molar-refractivity contribution in [2.24, 2.45) is 0 Å². The Balaban J connectivity index is 2.20. The van der Waals surface area contributed by atoms with Gasteiger partial charge in [0, 0.05) is 37.8 Å². The van der Waals surface area contributed by atoms with E-state index in [-0.39, 0.29) is 17.5 Å². The van der Waals surface area contributed by atoms with Crippen LogP contribution >= 0.6 is 0 Å². The van der Waals surface area contributed by atoms with E-state index in [4.69, 9.17) is 0 Å². The number of nitro groups is 1. The topological polar surface area (TPSA) is 83.8 Å². The lowest BCUT2D eigenvalue weighted by Gasteiger charge is -2.38. The molecule has 1 aliphatic heterocycles. The molecule has 2 amide bonds. The molecule has 0 unspecified atom stereocenters. The minimum Gasteiger partial charge on any atom is -0.329 e. The number of carbonyl (C=O) groups excluding carboxylic acids is 2. The molecule has 7 heteroatoms. The Bertz CT molecular complexity index is 555.